The maximum Gasteiger partial charge on any atom is 1.00 e. The van der Waals surface area contributed by atoms with Gasteiger partial charge in [0, 0.05) is 0 Å². The van der Waals surface area contributed by atoms with Crippen LogP contribution in [0.5, 0.6) is 0 Å². The van der Waals surface area contributed by atoms with E-state index in [4.69, 9.17) is 9.05 Å². The molecular weight excluding hydrogens is 175 g/mol. The van der Waals surface area contributed by atoms with Crippen LogP contribution in [0.2, 0.25) is 0 Å². The van der Waals surface area contributed by atoms with Gasteiger partial charge in [0.25, 0.3) is 0 Å². The molecule has 74 valence electrons. The van der Waals surface area contributed by atoms with Crippen LogP contribution in [0.25, 0.3) is 0 Å². The summed E-state index contributed by atoms with van der Waals surface area (Å²) in [6.07, 6.45) is 4.02. The monoisotopic (exact) mass is 195 g/mol. The highest BCUT2D eigenvalue weighted by Crippen LogP contribution is 2.24. The van der Waals surface area contributed by atoms with Gasteiger partial charge in [0.15, 0.2) is 0 Å². The van der Waals surface area contributed by atoms with Crippen LogP contribution in [0.1, 0.15) is 41.0 Å². The molecule has 12 heavy (non-hydrogen) atoms. The van der Waals surface area contributed by atoms with E-state index in [0.717, 1.165) is 25.7 Å². The summed E-state index contributed by atoms with van der Waals surface area (Å²) in [5.41, 5.74) is 0. The van der Waals surface area contributed by atoms with E-state index in [0.29, 0.717) is 13.2 Å². The Bertz CT molecular complexity index is 110. The highest BCUT2D eigenvalue weighted by molar-refractivity contribution is 7.33. The second-order valence-electron chi connectivity index (χ2n) is 2.65. The highest BCUT2D eigenvalue weighted by Gasteiger charge is 1.97. The van der Waals surface area contributed by atoms with Crippen LogP contribution in [-0.4, -0.2) is 13.2 Å². The standard InChI is InChI=1S/C8H19O3P/c1-3-5-7-10-12(9)11-8-6-4-2/h12H,3-8H2,1-2H3/p+1. The topological polar surface area (TPSA) is 35.5 Å². The molecule has 0 aromatic carbocycles. The van der Waals surface area contributed by atoms with Crippen molar-refractivity contribution in [3.8, 4) is 0 Å². The fourth-order valence-corrected chi connectivity index (χ4v) is 1.35. The average molecular weight is 195 g/mol. The molecule has 0 saturated carbocycles. The SMILES string of the molecule is CCCCO[PH](=O)OCCCC.[H+]. The normalized spacial score (nSPS) is 10.9. The third-order valence-corrected chi connectivity index (χ3v) is 2.32. The van der Waals surface area contributed by atoms with Crippen molar-refractivity contribution in [1.29, 1.82) is 0 Å². The molecule has 3 nitrogen and oxygen atoms in total. The summed E-state index contributed by atoms with van der Waals surface area (Å²) < 4.78 is 20.8. The molecular formula is C8H20O3P+. The maximum absolute atomic E-state index is 10.9. The van der Waals surface area contributed by atoms with E-state index in [2.05, 4.69) is 13.8 Å². The van der Waals surface area contributed by atoms with Gasteiger partial charge >= 0.3 is 9.68 Å². The Balaban J connectivity index is 0. The van der Waals surface area contributed by atoms with Crippen LogP contribution in [0, 0.1) is 0 Å². The lowest BCUT2D eigenvalue weighted by Gasteiger charge is -2.03. The van der Waals surface area contributed by atoms with Crippen molar-refractivity contribution in [3.63, 3.8) is 0 Å². The predicted molar refractivity (Wildman–Crippen MR) is 51.8 cm³/mol. The van der Waals surface area contributed by atoms with Gasteiger partial charge in [-0.25, -0.2) is 0 Å². The van der Waals surface area contributed by atoms with E-state index in [9.17, 15) is 4.57 Å². The predicted octanol–water partition coefficient (Wildman–Crippen LogP) is 3.12. The van der Waals surface area contributed by atoms with Crippen LogP contribution in [0.3, 0.4) is 0 Å². The molecule has 0 fully saturated rings. The van der Waals surface area contributed by atoms with Crippen LogP contribution in [0.4, 0.5) is 0 Å². The van der Waals surface area contributed by atoms with Crippen molar-refractivity contribution in [2.75, 3.05) is 13.2 Å². The van der Waals surface area contributed by atoms with Crippen molar-refractivity contribution in [2.45, 2.75) is 39.5 Å². The molecule has 0 radical (unpaired) electrons. The third-order valence-electron chi connectivity index (χ3n) is 1.44. The van der Waals surface area contributed by atoms with E-state index < -0.39 is 8.25 Å². The van der Waals surface area contributed by atoms with Gasteiger partial charge in [-0.1, -0.05) is 26.7 Å². The molecule has 0 saturated heterocycles. The average Bonchev–Trinajstić information content (AvgIpc) is 2.06. The van der Waals surface area contributed by atoms with Crippen molar-refractivity contribution >= 4 is 8.25 Å². The van der Waals surface area contributed by atoms with E-state index >= 15 is 0 Å². The molecule has 0 N–H and O–H groups in total. The largest absolute Gasteiger partial charge is 1.00 e. The fourth-order valence-electron chi connectivity index (χ4n) is 0.641. The second-order valence-corrected chi connectivity index (χ2v) is 3.73. The minimum absolute atomic E-state index is 0. The molecule has 0 bridgehead atoms. The Morgan fingerprint density at radius 3 is 1.83 bits per heavy atom. The van der Waals surface area contributed by atoms with E-state index in [1.54, 1.807) is 0 Å². The van der Waals surface area contributed by atoms with Crippen molar-refractivity contribution in [3.05, 3.63) is 0 Å². The summed E-state index contributed by atoms with van der Waals surface area (Å²) in [6.45, 7) is 5.25. The maximum atomic E-state index is 10.9. The lowest BCUT2D eigenvalue weighted by Crippen LogP contribution is -1.90. The Kier molecular flexibility index (Phi) is 9.36. The van der Waals surface area contributed by atoms with Gasteiger partial charge in [0.05, 0.1) is 13.2 Å². The van der Waals surface area contributed by atoms with Gasteiger partial charge in [0.2, 0.25) is 0 Å². The molecule has 0 spiro atoms. The zero-order valence-corrected chi connectivity index (χ0v) is 8.97. The number of hydrogen-bond donors (Lipinski definition) is 0. The molecule has 4 heteroatoms. The Morgan fingerprint density at radius 2 is 1.50 bits per heavy atom. The first-order chi connectivity index (χ1) is 5.81. The van der Waals surface area contributed by atoms with Crippen LogP contribution in [0.15, 0.2) is 0 Å². The molecule has 0 aliphatic carbocycles. The summed E-state index contributed by atoms with van der Waals surface area (Å²) in [4.78, 5) is 0. The van der Waals surface area contributed by atoms with Gasteiger partial charge in [0.1, 0.15) is 0 Å². The quantitative estimate of drug-likeness (QED) is 0.441. The van der Waals surface area contributed by atoms with Crippen molar-refractivity contribution < 1.29 is 15.0 Å². The van der Waals surface area contributed by atoms with Gasteiger partial charge in [-0.3, -0.25) is 4.57 Å². The Hall–Kier alpha value is 0.150. The Labute approximate surface area is 76.9 Å². The first-order valence-corrected chi connectivity index (χ1v) is 5.83. The molecule has 0 aliphatic rings. The first kappa shape index (κ1) is 12.2. The molecule has 0 aliphatic heterocycles. The van der Waals surface area contributed by atoms with Crippen LogP contribution in [-0.2, 0) is 13.6 Å². The lowest BCUT2D eigenvalue weighted by atomic mass is 10.4. The molecule has 0 aromatic rings. The molecule has 0 amide bonds. The summed E-state index contributed by atoms with van der Waals surface area (Å²) in [5.74, 6) is 0. The number of rotatable bonds is 8. The zero-order valence-electron chi connectivity index (χ0n) is 8.97. The molecule has 0 rings (SSSR count). The van der Waals surface area contributed by atoms with E-state index in [1.807, 2.05) is 0 Å². The second kappa shape index (κ2) is 9.24. The minimum atomic E-state index is -2.18. The van der Waals surface area contributed by atoms with E-state index in [-0.39, 0.29) is 1.43 Å². The van der Waals surface area contributed by atoms with Crippen LogP contribution >= 0.6 is 8.25 Å². The molecule has 0 aromatic heterocycles. The summed E-state index contributed by atoms with van der Waals surface area (Å²) >= 11 is 0. The molecule has 0 heterocycles. The van der Waals surface area contributed by atoms with Crippen molar-refractivity contribution in [2.24, 2.45) is 0 Å². The Morgan fingerprint density at radius 1 is 1.08 bits per heavy atom. The summed E-state index contributed by atoms with van der Waals surface area (Å²) in [7, 11) is -2.18. The summed E-state index contributed by atoms with van der Waals surface area (Å²) in [5, 5.41) is 0. The fraction of sp³-hybridized carbons (Fsp3) is 1.00. The first-order valence-electron chi connectivity index (χ1n) is 4.60. The lowest BCUT2D eigenvalue weighted by molar-refractivity contribution is 0.221. The van der Waals surface area contributed by atoms with Gasteiger partial charge in [-0.05, 0) is 12.8 Å². The molecule has 0 atom stereocenters. The van der Waals surface area contributed by atoms with Gasteiger partial charge < -0.3 is 9.05 Å². The van der Waals surface area contributed by atoms with Gasteiger partial charge in [-0.2, -0.15) is 0 Å². The summed E-state index contributed by atoms with van der Waals surface area (Å²) in [6, 6.07) is 0. The van der Waals surface area contributed by atoms with E-state index in [1.165, 1.54) is 0 Å². The van der Waals surface area contributed by atoms with Crippen molar-refractivity contribution in [1.82, 2.24) is 0 Å². The number of unbranched alkanes of at least 4 members (excludes halogenated alkanes) is 2. The molecule has 0 unspecified atom stereocenters. The third kappa shape index (κ3) is 8.25. The number of hydrogen-bond acceptors (Lipinski definition) is 3. The highest BCUT2D eigenvalue weighted by atomic mass is 31.1. The minimum Gasteiger partial charge on any atom is -0.311 e. The smallest absolute Gasteiger partial charge is 0.311 e. The van der Waals surface area contributed by atoms with Gasteiger partial charge in [-0.15, -0.1) is 0 Å². The zero-order chi connectivity index (χ0) is 9.23. The van der Waals surface area contributed by atoms with Crippen LogP contribution < -0.4 is 0 Å².